The smallest absolute Gasteiger partial charge is 0.243 e. The van der Waals surface area contributed by atoms with Gasteiger partial charge in [0, 0.05) is 19.5 Å². The number of para-hydroxylation sites is 1. The number of furan rings is 1. The number of carbonyl (C=O) groups excluding carboxylic acids is 1. The number of nitrogens with one attached hydrogen (secondary N) is 2. The average Bonchev–Trinajstić information content (AvgIpc) is 3.54. The van der Waals surface area contributed by atoms with E-state index in [0.717, 1.165) is 0 Å². The molecule has 1 aromatic carbocycles. The summed E-state index contributed by atoms with van der Waals surface area (Å²) in [7, 11) is -1.11. The summed E-state index contributed by atoms with van der Waals surface area (Å²) in [6, 6.07) is 9.97. The predicted molar refractivity (Wildman–Crippen MR) is 141 cm³/mol. The van der Waals surface area contributed by atoms with Gasteiger partial charge < -0.3 is 19.2 Å². The monoisotopic (exact) mass is 560 g/mol. The van der Waals surface area contributed by atoms with Gasteiger partial charge in [-0.1, -0.05) is 17.7 Å². The second-order valence-corrected chi connectivity index (χ2v) is 10.7. The quantitative estimate of drug-likeness (QED) is 0.294. The summed E-state index contributed by atoms with van der Waals surface area (Å²) in [5.74, 6) is 0.877. The minimum atomic E-state index is -4.06. The van der Waals surface area contributed by atoms with Crippen LogP contribution in [0.15, 0.2) is 53.3 Å². The summed E-state index contributed by atoms with van der Waals surface area (Å²) in [6.45, 7) is 2.84. The lowest BCUT2D eigenvalue weighted by Crippen LogP contribution is -2.29. The van der Waals surface area contributed by atoms with Crippen LogP contribution in [0.2, 0.25) is 5.02 Å². The van der Waals surface area contributed by atoms with E-state index in [1.54, 1.807) is 30.3 Å². The molecule has 0 bridgehead atoms. The van der Waals surface area contributed by atoms with Crippen LogP contribution in [0.5, 0.6) is 11.5 Å². The number of rotatable bonds is 10. The van der Waals surface area contributed by atoms with Crippen molar-refractivity contribution < 1.29 is 27.1 Å². The zero-order valence-corrected chi connectivity index (χ0v) is 22.5. The highest BCUT2D eigenvalue weighted by atomic mass is 35.5. The predicted octanol–water partition coefficient (Wildman–Crippen LogP) is 3.92. The molecule has 3 heterocycles. The normalized spacial score (nSPS) is 12.1. The third kappa shape index (κ3) is 5.58. The summed E-state index contributed by atoms with van der Waals surface area (Å²) >= 11 is 6.01. The lowest BCUT2D eigenvalue weighted by molar-refractivity contribution is -0.114. The molecule has 0 saturated carbocycles. The Morgan fingerprint density at radius 2 is 1.87 bits per heavy atom. The van der Waals surface area contributed by atoms with Gasteiger partial charge in [0.2, 0.25) is 27.7 Å². The van der Waals surface area contributed by atoms with E-state index >= 15 is 0 Å². The third-order valence-corrected chi connectivity index (χ3v) is 7.42. The van der Waals surface area contributed by atoms with Gasteiger partial charge in [-0.2, -0.15) is 0 Å². The highest BCUT2D eigenvalue weighted by Crippen LogP contribution is 2.38. The van der Waals surface area contributed by atoms with Crippen molar-refractivity contribution in [3.63, 3.8) is 0 Å². The van der Waals surface area contributed by atoms with Crippen LogP contribution < -0.4 is 19.5 Å². The molecule has 0 radical (unpaired) electrons. The second kappa shape index (κ2) is 11.1. The Hall–Kier alpha value is -4.10. The first-order chi connectivity index (χ1) is 18.1. The first-order valence-corrected chi connectivity index (χ1v) is 13.2. The molecule has 0 aliphatic carbocycles. The van der Waals surface area contributed by atoms with Gasteiger partial charge in [-0.25, -0.2) is 8.42 Å². The van der Waals surface area contributed by atoms with E-state index in [2.05, 4.69) is 25.2 Å². The van der Waals surface area contributed by atoms with Crippen molar-refractivity contribution in [3.05, 3.63) is 59.6 Å². The Morgan fingerprint density at radius 1 is 1.16 bits per heavy atom. The molecule has 1 amide bonds. The van der Waals surface area contributed by atoms with Gasteiger partial charge in [-0.05, 0) is 37.3 Å². The number of hydrogen-bond donors (Lipinski definition) is 2. The standard InChI is InChI=1S/C24H25ClN6O6S/c1-14(11-17-18(27-15(2)32)12-16(25)13-26-17)38(33,34)30-24-29-28-23(21-9-6-10-37-21)31(24)22-19(35-3)7-5-8-20(22)36-4/h5-10,12-14H,11H2,1-4H3,(H,27,32)(H,29,30). The minimum absolute atomic E-state index is 0.0285. The highest BCUT2D eigenvalue weighted by molar-refractivity contribution is 7.93. The first-order valence-electron chi connectivity index (χ1n) is 11.3. The van der Waals surface area contributed by atoms with Crippen LogP contribution in [0.4, 0.5) is 11.6 Å². The molecular formula is C24H25ClN6O6S. The molecule has 2 N–H and O–H groups in total. The van der Waals surface area contributed by atoms with Crippen molar-refractivity contribution in [3.8, 4) is 28.8 Å². The second-order valence-electron chi connectivity index (χ2n) is 8.16. The van der Waals surface area contributed by atoms with E-state index < -0.39 is 15.3 Å². The van der Waals surface area contributed by atoms with Crippen LogP contribution in [0.3, 0.4) is 0 Å². The van der Waals surface area contributed by atoms with Gasteiger partial charge in [0.05, 0.1) is 42.1 Å². The summed E-state index contributed by atoms with van der Waals surface area (Å²) in [6.07, 6.45) is 2.82. The summed E-state index contributed by atoms with van der Waals surface area (Å²) in [5.41, 5.74) is 1.05. The number of halogens is 1. The Morgan fingerprint density at radius 3 is 2.47 bits per heavy atom. The third-order valence-electron chi connectivity index (χ3n) is 5.52. The Bertz CT molecular complexity index is 1530. The van der Waals surface area contributed by atoms with E-state index in [4.69, 9.17) is 25.5 Å². The molecule has 0 aliphatic rings. The van der Waals surface area contributed by atoms with E-state index in [0.29, 0.717) is 39.4 Å². The van der Waals surface area contributed by atoms with Crippen LogP contribution >= 0.6 is 11.6 Å². The number of ether oxygens (including phenoxy) is 2. The molecule has 1 atom stereocenters. The number of anilines is 2. The molecule has 200 valence electrons. The molecule has 1 unspecified atom stereocenters. The van der Waals surface area contributed by atoms with E-state index in [1.807, 2.05) is 0 Å². The molecule has 0 fully saturated rings. The number of carbonyl (C=O) groups is 1. The van der Waals surface area contributed by atoms with Gasteiger partial charge in [0.25, 0.3) is 0 Å². The van der Waals surface area contributed by atoms with Crippen LogP contribution in [0.1, 0.15) is 19.5 Å². The SMILES string of the molecule is COc1cccc(OC)c1-n1c(NS(=O)(=O)C(C)Cc2ncc(Cl)cc2NC(C)=O)nnc1-c1ccco1. The lowest BCUT2D eigenvalue weighted by Gasteiger charge is -2.19. The zero-order valence-electron chi connectivity index (χ0n) is 20.9. The van der Waals surface area contributed by atoms with Crippen molar-refractivity contribution in [1.82, 2.24) is 19.7 Å². The lowest BCUT2D eigenvalue weighted by atomic mass is 10.2. The topological polar surface area (TPSA) is 150 Å². The van der Waals surface area contributed by atoms with Gasteiger partial charge >= 0.3 is 0 Å². The first kappa shape index (κ1) is 26.9. The summed E-state index contributed by atoms with van der Waals surface area (Å²) < 4.78 is 47.5. The number of pyridine rings is 1. The zero-order chi connectivity index (χ0) is 27.4. The van der Waals surface area contributed by atoms with E-state index in [1.165, 1.54) is 51.2 Å². The van der Waals surface area contributed by atoms with Crippen LogP contribution in [0, 0.1) is 0 Å². The van der Waals surface area contributed by atoms with Gasteiger partial charge in [-0.15, -0.1) is 10.2 Å². The van der Waals surface area contributed by atoms with Crippen molar-refractivity contribution in [2.45, 2.75) is 25.5 Å². The Balaban J connectivity index is 1.75. The maximum atomic E-state index is 13.5. The molecule has 3 aromatic heterocycles. The number of amides is 1. The molecule has 4 rings (SSSR count). The molecular weight excluding hydrogens is 536 g/mol. The van der Waals surface area contributed by atoms with Crippen molar-refractivity contribution >= 4 is 39.2 Å². The van der Waals surface area contributed by atoms with Gasteiger partial charge in [0.15, 0.2) is 5.76 Å². The summed E-state index contributed by atoms with van der Waals surface area (Å²) in [4.78, 5) is 15.8. The van der Waals surface area contributed by atoms with Crippen LogP contribution in [-0.2, 0) is 21.2 Å². The largest absolute Gasteiger partial charge is 0.494 e. The fraction of sp³-hybridized carbons (Fsp3) is 0.250. The average molecular weight is 561 g/mol. The number of aromatic nitrogens is 4. The van der Waals surface area contributed by atoms with Crippen molar-refractivity contribution in [2.24, 2.45) is 0 Å². The highest BCUT2D eigenvalue weighted by Gasteiger charge is 2.29. The van der Waals surface area contributed by atoms with Crippen molar-refractivity contribution in [1.29, 1.82) is 0 Å². The molecule has 0 aliphatic heterocycles. The number of methoxy groups -OCH3 is 2. The Kier molecular flexibility index (Phi) is 7.88. The van der Waals surface area contributed by atoms with Crippen LogP contribution in [0.25, 0.3) is 17.3 Å². The van der Waals surface area contributed by atoms with Crippen LogP contribution in [-0.4, -0.2) is 53.5 Å². The van der Waals surface area contributed by atoms with E-state index in [9.17, 15) is 13.2 Å². The van der Waals surface area contributed by atoms with Gasteiger partial charge in [-0.3, -0.25) is 19.1 Å². The minimum Gasteiger partial charge on any atom is -0.494 e. The number of nitrogens with zero attached hydrogens (tertiary/aromatic N) is 4. The maximum absolute atomic E-state index is 13.5. The molecule has 0 saturated heterocycles. The molecule has 0 spiro atoms. The van der Waals surface area contributed by atoms with E-state index in [-0.39, 0.29) is 24.1 Å². The number of hydrogen-bond acceptors (Lipinski definition) is 9. The molecule has 14 heteroatoms. The maximum Gasteiger partial charge on any atom is 0.243 e. The fourth-order valence-electron chi connectivity index (χ4n) is 3.72. The molecule has 12 nitrogen and oxygen atoms in total. The Labute approximate surface area is 224 Å². The number of benzene rings is 1. The fourth-order valence-corrected chi connectivity index (χ4v) is 4.84. The summed E-state index contributed by atoms with van der Waals surface area (Å²) in [5, 5.41) is 10.2. The van der Waals surface area contributed by atoms with Crippen molar-refractivity contribution in [2.75, 3.05) is 24.3 Å². The molecule has 4 aromatic rings. The van der Waals surface area contributed by atoms with Gasteiger partial charge in [0.1, 0.15) is 17.2 Å². The number of sulfonamides is 1. The molecule has 38 heavy (non-hydrogen) atoms.